The van der Waals surface area contributed by atoms with Crippen molar-refractivity contribution in [1.82, 2.24) is 5.32 Å². The predicted molar refractivity (Wildman–Crippen MR) is 87.6 cm³/mol. The highest BCUT2D eigenvalue weighted by atomic mass is 16.1. The molecule has 0 radical (unpaired) electrons. The molecule has 0 aliphatic rings. The van der Waals surface area contributed by atoms with Crippen LogP contribution in [0, 0.1) is 13.8 Å². The number of hydrogen-bond donors (Lipinski definition) is 2. The summed E-state index contributed by atoms with van der Waals surface area (Å²) < 4.78 is 0. The molecule has 0 bridgehead atoms. The van der Waals surface area contributed by atoms with Crippen molar-refractivity contribution in [3.8, 4) is 0 Å². The lowest BCUT2D eigenvalue weighted by Crippen LogP contribution is -2.31. The number of aryl methyl sites for hydroxylation is 2. The van der Waals surface area contributed by atoms with E-state index in [0.29, 0.717) is 13.1 Å². The van der Waals surface area contributed by atoms with Crippen LogP contribution in [0.5, 0.6) is 0 Å². The maximum absolute atomic E-state index is 11.8. The lowest BCUT2D eigenvalue weighted by atomic mass is 10.1. The average molecular weight is 282 g/mol. The van der Waals surface area contributed by atoms with Gasteiger partial charge in [-0.1, -0.05) is 42.5 Å². The summed E-state index contributed by atoms with van der Waals surface area (Å²) >= 11 is 0. The molecule has 0 atom stereocenters. The minimum Gasteiger partial charge on any atom is -0.376 e. The van der Waals surface area contributed by atoms with Crippen molar-refractivity contribution in [3.05, 3.63) is 65.2 Å². The van der Waals surface area contributed by atoms with Crippen LogP contribution in [-0.4, -0.2) is 19.0 Å². The number of nitrogens with one attached hydrogen (secondary N) is 2. The highest BCUT2D eigenvalue weighted by molar-refractivity contribution is 5.81. The molecular formula is C18H22N2O. The van der Waals surface area contributed by atoms with Crippen LogP contribution in [0.25, 0.3) is 0 Å². The van der Waals surface area contributed by atoms with Crippen LogP contribution in [0.15, 0.2) is 48.5 Å². The number of amides is 1. The third kappa shape index (κ3) is 4.95. The highest BCUT2D eigenvalue weighted by Gasteiger charge is 2.03. The van der Waals surface area contributed by atoms with Gasteiger partial charge in [-0.3, -0.25) is 4.79 Å². The third-order valence-corrected chi connectivity index (χ3v) is 3.41. The fourth-order valence-electron chi connectivity index (χ4n) is 2.16. The SMILES string of the molecule is Cc1ccc(C)c(NCC(=O)NCCc2ccccc2)c1. The topological polar surface area (TPSA) is 41.1 Å². The molecule has 0 saturated heterocycles. The zero-order chi connectivity index (χ0) is 15.1. The molecule has 0 unspecified atom stereocenters. The molecule has 0 saturated carbocycles. The van der Waals surface area contributed by atoms with Crippen molar-refractivity contribution in [3.63, 3.8) is 0 Å². The van der Waals surface area contributed by atoms with Crippen LogP contribution in [0.3, 0.4) is 0 Å². The lowest BCUT2D eigenvalue weighted by Gasteiger charge is -2.11. The van der Waals surface area contributed by atoms with Crippen LogP contribution in [-0.2, 0) is 11.2 Å². The van der Waals surface area contributed by atoms with E-state index in [2.05, 4.69) is 41.0 Å². The molecule has 3 nitrogen and oxygen atoms in total. The summed E-state index contributed by atoms with van der Waals surface area (Å²) in [4.78, 5) is 11.8. The Balaban J connectivity index is 1.74. The summed E-state index contributed by atoms with van der Waals surface area (Å²) in [7, 11) is 0. The Labute approximate surface area is 126 Å². The van der Waals surface area contributed by atoms with Crippen LogP contribution >= 0.6 is 0 Å². The van der Waals surface area contributed by atoms with Gasteiger partial charge in [-0.2, -0.15) is 0 Å². The zero-order valence-electron chi connectivity index (χ0n) is 12.6. The largest absolute Gasteiger partial charge is 0.376 e. The first-order chi connectivity index (χ1) is 10.1. The summed E-state index contributed by atoms with van der Waals surface area (Å²) in [5.74, 6) is 0.0202. The molecule has 0 spiro atoms. The summed E-state index contributed by atoms with van der Waals surface area (Å²) in [5.41, 5.74) is 4.60. The van der Waals surface area contributed by atoms with E-state index in [1.807, 2.05) is 32.0 Å². The first kappa shape index (κ1) is 15.1. The van der Waals surface area contributed by atoms with E-state index in [1.54, 1.807) is 0 Å². The number of hydrogen-bond acceptors (Lipinski definition) is 2. The van der Waals surface area contributed by atoms with E-state index in [1.165, 1.54) is 11.1 Å². The number of carbonyl (C=O) groups excluding carboxylic acids is 1. The van der Waals surface area contributed by atoms with Crippen molar-refractivity contribution in [1.29, 1.82) is 0 Å². The summed E-state index contributed by atoms with van der Waals surface area (Å²) in [5, 5.41) is 6.12. The van der Waals surface area contributed by atoms with E-state index in [9.17, 15) is 4.79 Å². The molecular weight excluding hydrogens is 260 g/mol. The maximum atomic E-state index is 11.8. The molecule has 0 heterocycles. The van der Waals surface area contributed by atoms with Crippen LogP contribution in [0.4, 0.5) is 5.69 Å². The van der Waals surface area contributed by atoms with Gasteiger partial charge in [-0.25, -0.2) is 0 Å². The molecule has 21 heavy (non-hydrogen) atoms. The summed E-state index contributed by atoms with van der Waals surface area (Å²) in [6, 6.07) is 16.4. The van der Waals surface area contributed by atoms with E-state index in [0.717, 1.165) is 17.7 Å². The van der Waals surface area contributed by atoms with E-state index >= 15 is 0 Å². The highest BCUT2D eigenvalue weighted by Crippen LogP contribution is 2.15. The maximum Gasteiger partial charge on any atom is 0.239 e. The number of anilines is 1. The first-order valence-corrected chi connectivity index (χ1v) is 7.27. The van der Waals surface area contributed by atoms with Gasteiger partial charge in [-0.05, 0) is 43.0 Å². The van der Waals surface area contributed by atoms with Gasteiger partial charge in [0.25, 0.3) is 0 Å². The quantitative estimate of drug-likeness (QED) is 0.855. The van der Waals surface area contributed by atoms with Crippen LogP contribution in [0.1, 0.15) is 16.7 Å². The lowest BCUT2D eigenvalue weighted by molar-refractivity contribution is -0.119. The Morgan fingerprint density at radius 3 is 2.57 bits per heavy atom. The molecule has 0 aliphatic heterocycles. The Bertz CT molecular complexity index is 593. The second-order valence-electron chi connectivity index (χ2n) is 5.26. The van der Waals surface area contributed by atoms with Crippen molar-refractivity contribution >= 4 is 11.6 Å². The van der Waals surface area contributed by atoms with Gasteiger partial charge in [0.1, 0.15) is 0 Å². The van der Waals surface area contributed by atoms with Crippen molar-refractivity contribution < 1.29 is 4.79 Å². The normalized spacial score (nSPS) is 10.2. The molecule has 2 aromatic rings. The number of benzene rings is 2. The minimum atomic E-state index is 0.0202. The zero-order valence-corrected chi connectivity index (χ0v) is 12.6. The standard InChI is InChI=1S/C18H22N2O/c1-14-8-9-15(2)17(12-14)20-13-18(21)19-11-10-16-6-4-3-5-7-16/h3-9,12,20H,10-11,13H2,1-2H3,(H,19,21). The molecule has 2 aromatic carbocycles. The molecule has 3 heteroatoms. The molecule has 2 N–H and O–H groups in total. The van der Waals surface area contributed by atoms with Crippen LogP contribution in [0.2, 0.25) is 0 Å². The molecule has 2 rings (SSSR count). The van der Waals surface area contributed by atoms with Gasteiger partial charge in [0, 0.05) is 12.2 Å². The Morgan fingerprint density at radius 1 is 1.05 bits per heavy atom. The molecule has 0 fully saturated rings. The molecule has 110 valence electrons. The van der Waals surface area contributed by atoms with E-state index < -0.39 is 0 Å². The van der Waals surface area contributed by atoms with Gasteiger partial charge in [0.05, 0.1) is 6.54 Å². The molecule has 0 aliphatic carbocycles. The fourth-order valence-corrected chi connectivity index (χ4v) is 2.16. The summed E-state index contributed by atoms with van der Waals surface area (Å²) in [6.07, 6.45) is 0.857. The summed E-state index contributed by atoms with van der Waals surface area (Å²) in [6.45, 7) is 5.05. The third-order valence-electron chi connectivity index (χ3n) is 3.41. The Kier molecular flexibility index (Phi) is 5.38. The van der Waals surface area contributed by atoms with Gasteiger partial charge < -0.3 is 10.6 Å². The number of rotatable bonds is 6. The fraction of sp³-hybridized carbons (Fsp3) is 0.278. The van der Waals surface area contributed by atoms with Crippen molar-refractivity contribution in [2.75, 3.05) is 18.4 Å². The van der Waals surface area contributed by atoms with Crippen molar-refractivity contribution in [2.24, 2.45) is 0 Å². The van der Waals surface area contributed by atoms with Crippen LogP contribution < -0.4 is 10.6 Å². The molecule has 0 aromatic heterocycles. The second-order valence-corrected chi connectivity index (χ2v) is 5.26. The van der Waals surface area contributed by atoms with Gasteiger partial charge in [0.2, 0.25) is 5.91 Å². The smallest absolute Gasteiger partial charge is 0.239 e. The van der Waals surface area contributed by atoms with Gasteiger partial charge >= 0.3 is 0 Å². The van der Waals surface area contributed by atoms with Crippen molar-refractivity contribution in [2.45, 2.75) is 20.3 Å². The van der Waals surface area contributed by atoms with E-state index in [4.69, 9.17) is 0 Å². The van der Waals surface area contributed by atoms with Gasteiger partial charge in [0.15, 0.2) is 0 Å². The number of carbonyl (C=O) groups is 1. The monoisotopic (exact) mass is 282 g/mol. The Hall–Kier alpha value is -2.29. The first-order valence-electron chi connectivity index (χ1n) is 7.27. The second kappa shape index (κ2) is 7.48. The average Bonchev–Trinajstić information content (AvgIpc) is 2.49. The Morgan fingerprint density at radius 2 is 1.81 bits per heavy atom. The van der Waals surface area contributed by atoms with Gasteiger partial charge in [-0.15, -0.1) is 0 Å². The minimum absolute atomic E-state index is 0.0202. The predicted octanol–water partition coefficient (Wildman–Crippen LogP) is 3.07. The van der Waals surface area contributed by atoms with E-state index in [-0.39, 0.29) is 5.91 Å². The molecule has 1 amide bonds.